The van der Waals surface area contributed by atoms with Gasteiger partial charge in [-0.1, -0.05) is 5.16 Å². The molecule has 1 aliphatic heterocycles. The van der Waals surface area contributed by atoms with Crippen LogP contribution in [0.4, 0.5) is 0 Å². The van der Waals surface area contributed by atoms with E-state index in [4.69, 9.17) is 9.26 Å². The number of likely N-dealkylation sites (N-methyl/N-ethyl adjacent to an activating group) is 1. The molecule has 1 saturated heterocycles. The lowest BCUT2D eigenvalue weighted by Gasteiger charge is -2.38. The van der Waals surface area contributed by atoms with Crippen LogP contribution in [0.15, 0.2) is 4.52 Å². The van der Waals surface area contributed by atoms with Gasteiger partial charge in [-0.25, -0.2) is 0 Å². The van der Waals surface area contributed by atoms with E-state index in [1.807, 2.05) is 14.0 Å². The van der Waals surface area contributed by atoms with Gasteiger partial charge >= 0.3 is 0 Å². The molecule has 0 amide bonds. The van der Waals surface area contributed by atoms with Crippen molar-refractivity contribution in [1.29, 1.82) is 0 Å². The molecule has 2 fully saturated rings. The van der Waals surface area contributed by atoms with Crippen molar-refractivity contribution in [2.75, 3.05) is 40.3 Å². The number of hydrogen-bond acceptors (Lipinski definition) is 6. The minimum Gasteiger partial charge on any atom is -0.380 e. The molecule has 112 valence electrons. The highest BCUT2D eigenvalue weighted by atomic mass is 16.5. The van der Waals surface area contributed by atoms with Crippen LogP contribution in [-0.2, 0) is 4.74 Å². The molecule has 2 aliphatic rings. The van der Waals surface area contributed by atoms with Gasteiger partial charge in [0.25, 0.3) is 0 Å². The summed E-state index contributed by atoms with van der Waals surface area (Å²) in [6, 6.07) is 0.196. The summed E-state index contributed by atoms with van der Waals surface area (Å²) in [7, 11) is 3.95. The molecule has 0 radical (unpaired) electrons. The van der Waals surface area contributed by atoms with Crippen LogP contribution >= 0.6 is 0 Å². The Kier molecular flexibility index (Phi) is 4.05. The summed E-state index contributed by atoms with van der Waals surface area (Å²) in [6.45, 7) is 5.91. The molecule has 2 heterocycles. The maximum atomic E-state index is 5.64. The molecule has 2 atom stereocenters. The normalized spacial score (nSPS) is 26.9. The van der Waals surface area contributed by atoms with Crippen LogP contribution in [0.2, 0.25) is 0 Å². The molecule has 6 nitrogen and oxygen atoms in total. The van der Waals surface area contributed by atoms with Gasteiger partial charge in [-0.3, -0.25) is 9.80 Å². The SMILES string of the molecule is CO[C@H](CN1CCN(C)[C@@H](c2nc(C)no2)C1)C1CC1. The van der Waals surface area contributed by atoms with Crippen LogP contribution in [0.25, 0.3) is 0 Å². The van der Waals surface area contributed by atoms with Crippen molar-refractivity contribution in [1.82, 2.24) is 19.9 Å². The van der Waals surface area contributed by atoms with Crippen molar-refractivity contribution in [3.05, 3.63) is 11.7 Å². The topological polar surface area (TPSA) is 54.6 Å². The second-order valence-corrected chi connectivity index (χ2v) is 6.05. The first kappa shape index (κ1) is 14.0. The fourth-order valence-corrected chi connectivity index (χ4v) is 2.95. The van der Waals surface area contributed by atoms with E-state index in [1.54, 1.807) is 0 Å². The van der Waals surface area contributed by atoms with E-state index in [1.165, 1.54) is 12.8 Å². The number of methoxy groups -OCH3 is 1. The Morgan fingerprint density at radius 2 is 2.20 bits per heavy atom. The lowest BCUT2D eigenvalue weighted by molar-refractivity contribution is 0.0130. The Bertz CT molecular complexity index is 446. The third kappa shape index (κ3) is 3.02. The highest BCUT2D eigenvalue weighted by Gasteiger charge is 2.35. The van der Waals surface area contributed by atoms with Gasteiger partial charge in [0.1, 0.15) is 6.04 Å². The molecule has 1 aromatic rings. The van der Waals surface area contributed by atoms with Crippen molar-refractivity contribution >= 4 is 0 Å². The predicted molar refractivity (Wildman–Crippen MR) is 74.4 cm³/mol. The van der Waals surface area contributed by atoms with Gasteiger partial charge in [0.05, 0.1) is 6.10 Å². The van der Waals surface area contributed by atoms with Gasteiger partial charge < -0.3 is 9.26 Å². The highest BCUT2D eigenvalue weighted by molar-refractivity contribution is 4.96. The standard InChI is InChI=1S/C14H24N4O2/c1-10-15-14(20-16-10)12-8-18(7-6-17(12)2)9-13(19-3)11-4-5-11/h11-13H,4-9H2,1-3H3/t12-,13-/m1/s1. The van der Waals surface area contributed by atoms with Crippen molar-refractivity contribution in [2.45, 2.75) is 31.9 Å². The van der Waals surface area contributed by atoms with E-state index in [0.717, 1.165) is 38.0 Å². The molecule has 0 aromatic carbocycles. The molecular weight excluding hydrogens is 256 g/mol. The van der Waals surface area contributed by atoms with Crippen LogP contribution in [0, 0.1) is 12.8 Å². The zero-order chi connectivity index (χ0) is 14.1. The zero-order valence-corrected chi connectivity index (χ0v) is 12.6. The monoisotopic (exact) mass is 280 g/mol. The van der Waals surface area contributed by atoms with E-state index < -0.39 is 0 Å². The van der Waals surface area contributed by atoms with Crippen molar-refractivity contribution in [2.24, 2.45) is 5.92 Å². The van der Waals surface area contributed by atoms with E-state index in [9.17, 15) is 0 Å². The lowest BCUT2D eigenvalue weighted by atomic mass is 10.1. The Morgan fingerprint density at radius 1 is 1.40 bits per heavy atom. The number of hydrogen-bond donors (Lipinski definition) is 0. The second-order valence-electron chi connectivity index (χ2n) is 6.05. The summed E-state index contributed by atoms with van der Waals surface area (Å²) in [5, 5.41) is 3.91. The van der Waals surface area contributed by atoms with Gasteiger partial charge in [0.15, 0.2) is 5.82 Å². The van der Waals surface area contributed by atoms with Crippen LogP contribution in [0.3, 0.4) is 0 Å². The molecule has 6 heteroatoms. The first-order chi connectivity index (χ1) is 9.67. The highest BCUT2D eigenvalue weighted by Crippen LogP contribution is 2.35. The molecule has 0 N–H and O–H groups in total. The lowest BCUT2D eigenvalue weighted by Crippen LogP contribution is -2.49. The summed E-state index contributed by atoms with van der Waals surface area (Å²) in [4.78, 5) is 9.15. The number of ether oxygens (including phenoxy) is 1. The molecule has 20 heavy (non-hydrogen) atoms. The maximum Gasteiger partial charge on any atom is 0.245 e. The van der Waals surface area contributed by atoms with E-state index >= 15 is 0 Å². The average molecular weight is 280 g/mol. The number of aromatic nitrogens is 2. The molecule has 0 spiro atoms. The van der Waals surface area contributed by atoms with Crippen LogP contribution < -0.4 is 0 Å². The molecule has 0 bridgehead atoms. The first-order valence-corrected chi connectivity index (χ1v) is 7.43. The molecule has 1 aliphatic carbocycles. The van der Waals surface area contributed by atoms with E-state index in [-0.39, 0.29) is 6.04 Å². The maximum absolute atomic E-state index is 5.64. The number of piperazine rings is 1. The summed E-state index contributed by atoms with van der Waals surface area (Å²) in [6.07, 6.45) is 3.01. The van der Waals surface area contributed by atoms with E-state index in [0.29, 0.717) is 11.9 Å². The van der Waals surface area contributed by atoms with Gasteiger partial charge in [-0.15, -0.1) is 0 Å². The molecule has 0 unspecified atom stereocenters. The van der Waals surface area contributed by atoms with Gasteiger partial charge in [0, 0.05) is 33.3 Å². The summed E-state index contributed by atoms with van der Waals surface area (Å²) in [5.74, 6) is 2.21. The molecule has 3 rings (SSSR count). The largest absolute Gasteiger partial charge is 0.380 e. The fraction of sp³-hybridized carbons (Fsp3) is 0.857. The third-order valence-electron chi connectivity index (χ3n) is 4.45. The van der Waals surface area contributed by atoms with Gasteiger partial charge in [-0.05, 0) is 32.7 Å². The quantitative estimate of drug-likeness (QED) is 0.805. The van der Waals surface area contributed by atoms with Gasteiger partial charge in [0.2, 0.25) is 5.89 Å². The van der Waals surface area contributed by atoms with Crippen molar-refractivity contribution in [3.63, 3.8) is 0 Å². The van der Waals surface area contributed by atoms with Crippen LogP contribution in [-0.4, -0.2) is 66.4 Å². The Labute approximate surface area is 120 Å². The van der Waals surface area contributed by atoms with Crippen molar-refractivity contribution < 1.29 is 9.26 Å². The molecule has 1 aromatic heterocycles. The van der Waals surface area contributed by atoms with Gasteiger partial charge in [-0.2, -0.15) is 4.98 Å². The first-order valence-electron chi connectivity index (χ1n) is 7.43. The summed E-state index contributed by atoms with van der Waals surface area (Å²) in [5.41, 5.74) is 0. The Morgan fingerprint density at radius 3 is 2.80 bits per heavy atom. The van der Waals surface area contributed by atoms with E-state index in [2.05, 4.69) is 27.0 Å². The predicted octanol–water partition coefficient (Wildman–Crippen LogP) is 1.09. The summed E-state index contributed by atoms with van der Waals surface area (Å²) < 4.78 is 11.0. The summed E-state index contributed by atoms with van der Waals surface area (Å²) >= 11 is 0. The Balaban J connectivity index is 1.63. The van der Waals surface area contributed by atoms with Crippen LogP contribution in [0.1, 0.15) is 30.6 Å². The fourth-order valence-electron chi connectivity index (χ4n) is 2.95. The minimum absolute atomic E-state index is 0.196. The Hall–Kier alpha value is -0.980. The zero-order valence-electron chi connectivity index (χ0n) is 12.6. The number of rotatable bonds is 5. The minimum atomic E-state index is 0.196. The molecular formula is C14H24N4O2. The molecule has 1 saturated carbocycles. The smallest absolute Gasteiger partial charge is 0.245 e. The number of aryl methyl sites for hydroxylation is 1. The number of nitrogens with zero attached hydrogens (tertiary/aromatic N) is 4. The second kappa shape index (κ2) is 5.79. The van der Waals surface area contributed by atoms with Crippen LogP contribution in [0.5, 0.6) is 0 Å². The van der Waals surface area contributed by atoms with Crippen molar-refractivity contribution in [3.8, 4) is 0 Å². The average Bonchev–Trinajstić information content (AvgIpc) is 3.20. The third-order valence-corrected chi connectivity index (χ3v) is 4.45.